The number of rotatable bonds is 9. The van der Waals surface area contributed by atoms with Crippen LogP contribution >= 0.6 is 35.3 Å². The molecule has 1 aliphatic rings. The van der Waals surface area contributed by atoms with E-state index in [9.17, 15) is 0 Å². The third kappa shape index (κ3) is 7.38. The van der Waals surface area contributed by atoms with Crippen LogP contribution in [0.15, 0.2) is 45.3 Å². The first-order valence-electron chi connectivity index (χ1n) is 9.76. The zero-order chi connectivity index (χ0) is 18.7. The molecule has 0 saturated carbocycles. The molecule has 1 fully saturated rings. The van der Waals surface area contributed by atoms with Crippen LogP contribution in [-0.2, 0) is 11.2 Å². The number of hydrogen-bond acceptors (Lipinski definition) is 5. The number of hydrogen-bond donors (Lipinski definition) is 2. The summed E-state index contributed by atoms with van der Waals surface area (Å²) in [5, 5.41) is 9.00. The third-order valence-electron chi connectivity index (χ3n) is 4.57. The summed E-state index contributed by atoms with van der Waals surface area (Å²) in [7, 11) is 0. The van der Waals surface area contributed by atoms with Crippen LogP contribution in [0.25, 0.3) is 0 Å². The SMILES string of the molecule is CCCNC(=NCC(c1cccs1)N1CCOCC1)NCCc1ccco1.I. The molecule has 3 rings (SSSR count). The lowest BCUT2D eigenvalue weighted by atomic mass is 10.2. The van der Waals surface area contributed by atoms with Crippen molar-refractivity contribution >= 4 is 41.3 Å². The molecule has 0 aliphatic carbocycles. The molecule has 2 aromatic rings. The monoisotopic (exact) mass is 518 g/mol. The van der Waals surface area contributed by atoms with E-state index in [2.05, 4.69) is 40.0 Å². The Hall–Kier alpha value is -1.10. The fraction of sp³-hybridized carbons (Fsp3) is 0.550. The molecule has 0 aromatic carbocycles. The van der Waals surface area contributed by atoms with Gasteiger partial charge in [-0.25, -0.2) is 0 Å². The number of guanidine groups is 1. The second-order valence-corrected chi connectivity index (χ2v) is 7.53. The predicted octanol–water partition coefficient (Wildman–Crippen LogP) is 3.52. The summed E-state index contributed by atoms with van der Waals surface area (Å²) < 4.78 is 10.9. The number of nitrogens with zero attached hydrogens (tertiary/aromatic N) is 2. The van der Waals surface area contributed by atoms with Crippen LogP contribution in [0.1, 0.15) is 30.0 Å². The summed E-state index contributed by atoms with van der Waals surface area (Å²) in [5.41, 5.74) is 0. The minimum atomic E-state index is 0. The summed E-state index contributed by atoms with van der Waals surface area (Å²) in [6.07, 6.45) is 3.63. The van der Waals surface area contributed by atoms with Crippen molar-refractivity contribution in [3.8, 4) is 0 Å². The molecular weight excluding hydrogens is 487 g/mol. The summed E-state index contributed by atoms with van der Waals surface area (Å²) in [5.74, 6) is 1.86. The van der Waals surface area contributed by atoms with Crippen molar-refractivity contribution in [1.82, 2.24) is 15.5 Å². The van der Waals surface area contributed by atoms with Gasteiger partial charge in [0.25, 0.3) is 0 Å². The average Bonchev–Trinajstić information content (AvgIpc) is 3.41. The lowest BCUT2D eigenvalue weighted by Gasteiger charge is -2.33. The minimum Gasteiger partial charge on any atom is -0.469 e. The van der Waals surface area contributed by atoms with Gasteiger partial charge in [-0.05, 0) is 30.0 Å². The van der Waals surface area contributed by atoms with Gasteiger partial charge in [-0.3, -0.25) is 9.89 Å². The van der Waals surface area contributed by atoms with Gasteiger partial charge < -0.3 is 19.8 Å². The summed E-state index contributed by atoms with van der Waals surface area (Å²) in [4.78, 5) is 8.75. The van der Waals surface area contributed by atoms with E-state index >= 15 is 0 Å². The Morgan fingerprint density at radius 1 is 1.21 bits per heavy atom. The van der Waals surface area contributed by atoms with Gasteiger partial charge in [-0.2, -0.15) is 0 Å². The highest BCUT2D eigenvalue weighted by Gasteiger charge is 2.23. The van der Waals surface area contributed by atoms with E-state index in [0.29, 0.717) is 6.04 Å². The van der Waals surface area contributed by atoms with E-state index in [1.807, 2.05) is 12.1 Å². The Bertz CT molecular complexity index is 658. The highest BCUT2D eigenvalue weighted by molar-refractivity contribution is 14.0. The van der Waals surface area contributed by atoms with Crippen molar-refractivity contribution in [2.45, 2.75) is 25.8 Å². The van der Waals surface area contributed by atoms with Gasteiger partial charge in [0.05, 0.1) is 32.1 Å². The van der Waals surface area contributed by atoms with Crippen molar-refractivity contribution in [3.05, 3.63) is 46.5 Å². The van der Waals surface area contributed by atoms with Gasteiger partial charge in [0.1, 0.15) is 5.76 Å². The molecule has 156 valence electrons. The maximum Gasteiger partial charge on any atom is 0.191 e. The highest BCUT2D eigenvalue weighted by atomic mass is 127. The Kier molecular flexibility index (Phi) is 10.9. The number of nitrogens with one attached hydrogen (secondary N) is 2. The fourth-order valence-electron chi connectivity index (χ4n) is 3.11. The number of thiophene rings is 1. The van der Waals surface area contributed by atoms with Gasteiger partial charge >= 0.3 is 0 Å². The second-order valence-electron chi connectivity index (χ2n) is 6.55. The Morgan fingerprint density at radius 3 is 2.71 bits per heavy atom. The Labute approximate surface area is 188 Å². The zero-order valence-corrected chi connectivity index (χ0v) is 19.6. The van der Waals surface area contributed by atoms with E-state index in [1.54, 1.807) is 17.6 Å². The second kappa shape index (κ2) is 13.2. The summed E-state index contributed by atoms with van der Waals surface area (Å²) >= 11 is 1.81. The van der Waals surface area contributed by atoms with Crippen molar-refractivity contribution in [1.29, 1.82) is 0 Å². The van der Waals surface area contributed by atoms with E-state index in [0.717, 1.165) is 70.5 Å². The molecule has 1 aliphatic heterocycles. The summed E-state index contributed by atoms with van der Waals surface area (Å²) in [6.45, 7) is 8.12. The minimum absolute atomic E-state index is 0. The standard InChI is InChI=1S/C20H30N4O2S.HI/c1-2-8-21-20(22-9-7-17-5-3-12-26-17)23-16-18(19-6-4-15-27-19)24-10-13-25-14-11-24;/h3-6,12,15,18H,2,7-11,13-14,16H2,1H3,(H2,21,22,23);1H. The first kappa shape index (κ1) is 23.2. The van der Waals surface area contributed by atoms with Crippen LogP contribution in [0, 0.1) is 0 Å². The largest absolute Gasteiger partial charge is 0.469 e. The first-order chi connectivity index (χ1) is 13.4. The molecule has 0 spiro atoms. The zero-order valence-electron chi connectivity index (χ0n) is 16.4. The van der Waals surface area contributed by atoms with Crippen molar-refractivity contribution < 1.29 is 9.15 Å². The van der Waals surface area contributed by atoms with E-state index in [1.165, 1.54) is 4.88 Å². The van der Waals surface area contributed by atoms with Crippen LogP contribution in [-0.4, -0.2) is 56.8 Å². The smallest absolute Gasteiger partial charge is 0.191 e. The van der Waals surface area contributed by atoms with Gasteiger partial charge in [0, 0.05) is 37.5 Å². The maximum atomic E-state index is 5.53. The molecule has 28 heavy (non-hydrogen) atoms. The normalized spacial score (nSPS) is 16.4. The van der Waals surface area contributed by atoms with Gasteiger partial charge in [0.2, 0.25) is 0 Å². The van der Waals surface area contributed by atoms with Crippen LogP contribution in [0.3, 0.4) is 0 Å². The molecule has 0 bridgehead atoms. The average molecular weight is 518 g/mol. The lowest BCUT2D eigenvalue weighted by molar-refractivity contribution is 0.0186. The van der Waals surface area contributed by atoms with E-state index in [-0.39, 0.29) is 24.0 Å². The molecule has 2 aromatic heterocycles. The number of halogens is 1. The van der Waals surface area contributed by atoms with Crippen LogP contribution in [0.5, 0.6) is 0 Å². The number of furan rings is 1. The van der Waals surface area contributed by atoms with Crippen LogP contribution in [0.2, 0.25) is 0 Å². The number of aliphatic imine (C=N–C) groups is 1. The molecule has 1 unspecified atom stereocenters. The molecule has 3 heterocycles. The van der Waals surface area contributed by atoms with Crippen LogP contribution in [0.4, 0.5) is 0 Å². The van der Waals surface area contributed by atoms with Gasteiger partial charge in [0.15, 0.2) is 5.96 Å². The molecule has 8 heteroatoms. The van der Waals surface area contributed by atoms with Crippen LogP contribution < -0.4 is 10.6 Å². The third-order valence-corrected chi connectivity index (χ3v) is 5.54. The number of morpholine rings is 1. The van der Waals surface area contributed by atoms with Crippen molar-refractivity contribution in [2.24, 2.45) is 4.99 Å². The Balaban J connectivity index is 0.00000280. The predicted molar refractivity (Wildman–Crippen MR) is 126 cm³/mol. The molecule has 1 saturated heterocycles. The topological polar surface area (TPSA) is 62.0 Å². The highest BCUT2D eigenvalue weighted by Crippen LogP contribution is 2.26. The molecule has 6 nitrogen and oxygen atoms in total. The fourth-order valence-corrected chi connectivity index (χ4v) is 3.96. The maximum absolute atomic E-state index is 5.53. The molecular formula is C20H31IN4O2S. The molecule has 0 amide bonds. The first-order valence-corrected chi connectivity index (χ1v) is 10.6. The number of ether oxygens (including phenoxy) is 1. The van der Waals surface area contributed by atoms with Crippen molar-refractivity contribution in [3.63, 3.8) is 0 Å². The Morgan fingerprint density at radius 2 is 2.04 bits per heavy atom. The molecule has 0 radical (unpaired) electrons. The van der Waals surface area contributed by atoms with Gasteiger partial charge in [-0.15, -0.1) is 35.3 Å². The molecule has 1 atom stereocenters. The molecule has 2 N–H and O–H groups in total. The van der Waals surface area contributed by atoms with Crippen molar-refractivity contribution in [2.75, 3.05) is 45.9 Å². The summed E-state index contributed by atoms with van der Waals surface area (Å²) in [6, 6.07) is 8.56. The van der Waals surface area contributed by atoms with Gasteiger partial charge in [-0.1, -0.05) is 13.0 Å². The van der Waals surface area contributed by atoms with E-state index in [4.69, 9.17) is 14.1 Å². The van der Waals surface area contributed by atoms with E-state index < -0.39 is 0 Å². The quantitative estimate of drug-likeness (QED) is 0.302. The lowest BCUT2D eigenvalue weighted by Crippen LogP contribution is -2.42.